The molecular weight excluding hydrogens is 288 g/mol. The standard InChI is InChI=1S/C15H16N2O5/c1-20-14-6-9(11-7-12(15(18)19)17-16-11)2-3-13(14)22-10-4-5-21-8-10/h2-3,6-7,10H,4-5,8H2,1H3,(H,16,17)(H,18,19). The molecule has 0 saturated carbocycles. The van der Waals surface area contributed by atoms with E-state index in [4.69, 9.17) is 19.3 Å². The molecule has 3 rings (SSSR count). The number of methoxy groups -OCH3 is 1. The van der Waals surface area contributed by atoms with Gasteiger partial charge in [-0.1, -0.05) is 0 Å². The Morgan fingerprint density at radius 1 is 1.41 bits per heavy atom. The first-order chi connectivity index (χ1) is 10.7. The fraction of sp³-hybridized carbons (Fsp3) is 0.333. The Balaban J connectivity index is 1.85. The third kappa shape index (κ3) is 2.89. The average molecular weight is 304 g/mol. The zero-order chi connectivity index (χ0) is 15.5. The molecule has 7 heteroatoms. The number of nitrogens with zero attached hydrogens (tertiary/aromatic N) is 1. The minimum Gasteiger partial charge on any atom is -0.493 e. The maximum Gasteiger partial charge on any atom is 0.353 e. The van der Waals surface area contributed by atoms with Crippen LogP contribution in [0.1, 0.15) is 16.9 Å². The molecule has 116 valence electrons. The summed E-state index contributed by atoms with van der Waals surface area (Å²) in [5.74, 6) is 0.159. The quantitative estimate of drug-likeness (QED) is 0.877. The number of benzene rings is 1. The smallest absolute Gasteiger partial charge is 0.353 e. The molecule has 1 unspecified atom stereocenters. The number of hydrogen-bond donors (Lipinski definition) is 2. The molecule has 0 spiro atoms. The van der Waals surface area contributed by atoms with Gasteiger partial charge in [-0.2, -0.15) is 5.10 Å². The molecule has 1 saturated heterocycles. The number of H-pyrrole nitrogens is 1. The van der Waals surface area contributed by atoms with Crippen LogP contribution in [0.3, 0.4) is 0 Å². The Bertz CT molecular complexity index is 676. The predicted octanol–water partition coefficient (Wildman–Crippen LogP) is 1.95. The normalized spacial score (nSPS) is 17.4. The number of rotatable bonds is 5. The third-order valence-corrected chi connectivity index (χ3v) is 3.45. The number of ether oxygens (including phenoxy) is 3. The van der Waals surface area contributed by atoms with Crippen molar-refractivity contribution in [2.45, 2.75) is 12.5 Å². The SMILES string of the molecule is COc1cc(-c2cc(C(=O)O)[nH]n2)ccc1OC1CCOC1. The number of carboxylic acids is 1. The van der Waals surface area contributed by atoms with Gasteiger partial charge in [0.05, 0.1) is 26.0 Å². The van der Waals surface area contributed by atoms with Crippen LogP contribution in [0.4, 0.5) is 0 Å². The minimum absolute atomic E-state index is 0.0312. The van der Waals surface area contributed by atoms with Gasteiger partial charge in [0.2, 0.25) is 0 Å². The molecule has 1 aromatic heterocycles. The summed E-state index contributed by atoms with van der Waals surface area (Å²) in [5, 5.41) is 15.4. The van der Waals surface area contributed by atoms with E-state index in [1.54, 1.807) is 19.2 Å². The lowest BCUT2D eigenvalue weighted by atomic mass is 10.1. The molecule has 7 nitrogen and oxygen atoms in total. The highest BCUT2D eigenvalue weighted by molar-refractivity contribution is 5.86. The fourth-order valence-electron chi connectivity index (χ4n) is 2.29. The van der Waals surface area contributed by atoms with Crippen LogP contribution < -0.4 is 9.47 Å². The molecular formula is C15H16N2O5. The molecule has 0 aliphatic carbocycles. The lowest BCUT2D eigenvalue weighted by Crippen LogP contribution is -2.16. The second-order valence-corrected chi connectivity index (χ2v) is 4.94. The fourth-order valence-corrected chi connectivity index (χ4v) is 2.29. The lowest BCUT2D eigenvalue weighted by molar-refractivity contribution is 0.0690. The molecule has 1 atom stereocenters. The van der Waals surface area contributed by atoms with Crippen molar-refractivity contribution in [1.29, 1.82) is 0 Å². The number of hydrogen-bond acceptors (Lipinski definition) is 5. The molecule has 1 fully saturated rings. The maximum absolute atomic E-state index is 10.9. The number of carbonyl (C=O) groups is 1. The highest BCUT2D eigenvalue weighted by Crippen LogP contribution is 2.33. The van der Waals surface area contributed by atoms with Crippen molar-refractivity contribution in [2.75, 3.05) is 20.3 Å². The van der Waals surface area contributed by atoms with Crippen molar-refractivity contribution < 1.29 is 24.1 Å². The van der Waals surface area contributed by atoms with Crippen molar-refractivity contribution in [3.05, 3.63) is 30.0 Å². The van der Waals surface area contributed by atoms with Crippen molar-refractivity contribution in [2.24, 2.45) is 0 Å². The van der Waals surface area contributed by atoms with Gasteiger partial charge in [0.25, 0.3) is 0 Å². The van der Waals surface area contributed by atoms with Crippen LogP contribution in [-0.4, -0.2) is 47.7 Å². The molecule has 1 aromatic carbocycles. The van der Waals surface area contributed by atoms with Crippen LogP contribution in [0.15, 0.2) is 24.3 Å². The molecule has 1 aliphatic rings. The largest absolute Gasteiger partial charge is 0.493 e. The number of aromatic nitrogens is 2. The molecule has 2 N–H and O–H groups in total. The van der Waals surface area contributed by atoms with E-state index in [1.165, 1.54) is 6.07 Å². The van der Waals surface area contributed by atoms with Gasteiger partial charge in [0.1, 0.15) is 11.8 Å². The van der Waals surface area contributed by atoms with Gasteiger partial charge in [-0.3, -0.25) is 5.10 Å². The number of aromatic amines is 1. The summed E-state index contributed by atoms with van der Waals surface area (Å²) in [7, 11) is 1.56. The van der Waals surface area contributed by atoms with Crippen LogP contribution in [0.25, 0.3) is 11.3 Å². The monoisotopic (exact) mass is 304 g/mol. The third-order valence-electron chi connectivity index (χ3n) is 3.45. The van der Waals surface area contributed by atoms with Gasteiger partial charge >= 0.3 is 5.97 Å². The van der Waals surface area contributed by atoms with Crippen molar-refractivity contribution in [3.63, 3.8) is 0 Å². The summed E-state index contributed by atoms with van der Waals surface area (Å²) in [6.07, 6.45) is 0.885. The molecule has 1 aliphatic heterocycles. The minimum atomic E-state index is -1.05. The molecule has 0 bridgehead atoms. The van der Waals surface area contributed by atoms with Gasteiger partial charge in [-0.05, 0) is 24.3 Å². The number of aromatic carboxylic acids is 1. The van der Waals surface area contributed by atoms with Crippen molar-refractivity contribution in [3.8, 4) is 22.8 Å². The number of nitrogens with one attached hydrogen (secondary N) is 1. The van der Waals surface area contributed by atoms with E-state index in [0.29, 0.717) is 30.4 Å². The highest BCUT2D eigenvalue weighted by atomic mass is 16.6. The maximum atomic E-state index is 10.9. The Morgan fingerprint density at radius 3 is 2.91 bits per heavy atom. The Morgan fingerprint density at radius 2 is 2.27 bits per heavy atom. The van der Waals surface area contributed by atoms with E-state index in [9.17, 15) is 4.79 Å². The first-order valence-corrected chi connectivity index (χ1v) is 6.89. The molecule has 0 radical (unpaired) electrons. The summed E-state index contributed by atoms with van der Waals surface area (Å²) in [5.41, 5.74) is 1.32. The van der Waals surface area contributed by atoms with Gasteiger partial charge in [0.15, 0.2) is 11.5 Å². The van der Waals surface area contributed by atoms with Crippen LogP contribution in [0, 0.1) is 0 Å². The first-order valence-electron chi connectivity index (χ1n) is 6.89. The summed E-state index contributed by atoms with van der Waals surface area (Å²) in [4.78, 5) is 10.9. The Hall–Kier alpha value is -2.54. The van der Waals surface area contributed by atoms with E-state index < -0.39 is 5.97 Å². The summed E-state index contributed by atoms with van der Waals surface area (Å²) < 4.78 is 16.5. The lowest BCUT2D eigenvalue weighted by Gasteiger charge is -2.15. The predicted molar refractivity (Wildman–Crippen MR) is 77.4 cm³/mol. The molecule has 2 heterocycles. The molecule has 22 heavy (non-hydrogen) atoms. The topological polar surface area (TPSA) is 93.7 Å². The summed E-state index contributed by atoms with van der Waals surface area (Å²) in [6.45, 7) is 1.28. The van der Waals surface area contributed by atoms with E-state index in [-0.39, 0.29) is 11.8 Å². The highest BCUT2D eigenvalue weighted by Gasteiger charge is 2.19. The van der Waals surface area contributed by atoms with Gasteiger partial charge in [0, 0.05) is 12.0 Å². The second-order valence-electron chi connectivity index (χ2n) is 4.94. The average Bonchev–Trinajstić information content (AvgIpc) is 3.18. The first kappa shape index (κ1) is 14.4. The number of carboxylic acid groups (broad SMARTS) is 1. The summed E-state index contributed by atoms with van der Waals surface area (Å²) >= 11 is 0. The van der Waals surface area contributed by atoms with Crippen LogP contribution >= 0.6 is 0 Å². The Labute approximate surface area is 126 Å². The van der Waals surface area contributed by atoms with Gasteiger partial charge in [-0.25, -0.2) is 4.79 Å². The van der Waals surface area contributed by atoms with E-state index >= 15 is 0 Å². The van der Waals surface area contributed by atoms with Crippen LogP contribution in [-0.2, 0) is 4.74 Å². The van der Waals surface area contributed by atoms with Gasteiger partial charge < -0.3 is 19.3 Å². The van der Waals surface area contributed by atoms with Crippen molar-refractivity contribution in [1.82, 2.24) is 10.2 Å². The van der Waals surface area contributed by atoms with E-state index in [0.717, 1.165) is 12.0 Å². The summed E-state index contributed by atoms with van der Waals surface area (Å²) in [6, 6.07) is 6.85. The molecule has 0 amide bonds. The van der Waals surface area contributed by atoms with Crippen molar-refractivity contribution >= 4 is 5.97 Å². The van der Waals surface area contributed by atoms with E-state index in [1.807, 2.05) is 6.07 Å². The second kappa shape index (κ2) is 6.07. The Kier molecular flexibility index (Phi) is 3.97. The van der Waals surface area contributed by atoms with Crippen LogP contribution in [0.2, 0.25) is 0 Å². The zero-order valence-electron chi connectivity index (χ0n) is 12.0. The van der Waals surface area contributed by atoms with E-state index in [2.05, 4.69) is 10.2 Å². The zero-order valence-corrected chi connectivity index (χ0v) is 12.0. The molecule has 2 aromatic rings. The van der Waals surface area contributed by atoms with Gasteiger partial charge in [-0.15, -0.1) is 0 Å². The van der Waals surface area contributed by atoms with Crippen LogP contribution in [0.5, 0.6) is 11.5 Å².